The summed E-state index contributed by atoms with van der Waals surface area (Å²) in [6, 6.07) is 3.17. The van der Waals surface area contributed by atoms with Gasteiger partial charge >= 0.3 is 0 Å². The number of nitrogens with zero attached hydrogens (tertiary/aromatic N) is 2. The van der Waals surface area contributed by atoms with Gasteiger partial charge in [0.1, 0.15) is 0 Å². The second kappa shape index (κ2) is 6.29. The average molecular weight is 237 g/mol. The molecule has 1 heterocycles. The van der Waals surface area contributed by atoms with E-state index in [1.807, 2.05) is 0 Å². The molecule has 3 atom stereocenters. The molecule has 2 aliphatic rings. The fourth-order valence-electron chi connectivity index (χ4n) is 3.12. The molecule has 3 unspecified atom stereocenters. The Morgan fingerprint density at radius 2 is 2.12 bits per heavy atom. The van der Waals surface area contributed by atoms with Crippen LogP contribution in [-0.2, 0) is 4.74 Å². The zero-order valence-electron chi connectivity index (χ0n) is 10.7. The summed E-state index contributed by atoms with van der Waals surface area (Å²) in [6.07, 6.45) is 5.10. The molecule has 1 aliphatic heterocycles. The molecule has 1 saturated heterocycles. The highest BCUT2D eigenvalue weighted by atomic mass is 16.5. The van der Waals surface area contributed by atoms with Crippen molar-refractivity contribution < 1.29 is 4.74 Å². The van der Waals surface area contributed by atoms with Crippen LogP contribution in [0.25, 0.3) is 0 Å². The summed E-state index contributed by atoms with van der Waals surface area (Å²) in [6.45, 7) is 6.05. The Morgan fingerprint density at radius 1 is 1.35 bits per heavy atom. The van der Waals surface area contributed by atoms with Crippen molar-refractivity contribution in [3.8, 4) is 0 Å². The van der Waals surface area contributed by atoms with Crippen LogP contribution >= 0.6 is 0 Å². The van der Waals surface area contributed by atoms with Crippen LogP contribution in [0.4, 0.5) is 0 Å². The van der Waals surface area contributed by atoms with E-state index in [2.05, 4.69) is 22.8 Å². The summed E-state index contributed by atoms with van der Waals surface area (Å²) in [7, 11) is 0. The molecular formula is C13H23N3O. The molecular weight excluding hydrogens is 214 g/mol. The SMILES string of the molecule is CC(N=C=N)C1CCCC(N2CCOCC2)C1. The first-order valence-corrected chi connectivity index (χ1v) is 6.74. The monoisotopic (exact) mass is 237 g/mol. The number of hydrogen-bond acceptors (Lipinski definition) is 4. The van der Waals surface area contributed by atoms with Gasteiger partial charge in [0.2, 0.25) is 0 Å². The van der Waals surface area contributed by atoms with Crippen molar-refractivity contribution in [2.24, 2.45) is 10.9 Å². The molecule has 0 aromatic heterocycles. The van der Waals surface area contributed by atoms with Gasteiger partial charge in [0, 0.05) is 19.1 Å². The van der Waals surface area contributed by atoms with Crippen molar-refractivity contribution in [3.05, 3.63) is 0 Å². The zero-order chi connectivity index (χ0) is 12.1. The highest BCUT2D eigenvalue weighted by Crippen LogP contribution is 2.31. The van der Waals surface area contributed by atoms with Crippen molar-refractivity contribution in [1.82, 2.24) is 4.90 Å². The van der Waals surface area contributed by atoms with Gasteiger partial charge in [-0.2, -0.15) is 0 Å². The maximum atomic E-state index is 6.95. The third kappa shape index (κ3) is 3.38. The minimum absolute atomic E-state index is 0.261. The lowest BCUT2D eigenvalue weighted by molar-refractivity contribution is 0.00186. The fourth-order valence-corrected chi connectivity index (χ4v) is 3.12. The van der Waals surface area contributed by atoms with E-state index in [0.717, 1.165) is 26.3 Å². The van der Waals surface area contributed by atoms with Gasteiger partial charge in [-0.15, -0.1) is 0 Å². The molecule has 1 aliphatic carbocycles. The first-order chi connectivity index (χ1) is 8.31. The van der Waals surface area contributed by atoms with E-state index in [9.17, 15) is 0 Å². The van der Waals surface area contributed by atoms with Crippen molar-refractivity contribution >= 4 is 6.01 Å². The number of aliphatic imine (C=N–C) groups is 1. The maximum Gasteiger partial charge on any atom is 0.0864 e. The van der Waals surface area contributed by atoms with E-state index < -0.39 is 0 Å². The Kier molecular flexibility index (Phi) is 4.72. The van der Waals surface area contributed by atoms with E-state index in [1.54, 1.807) is 0 Å². The number of ether oxygens (including phenoxy) is 1. The molecule has 4 nitrogen and oxygen atoms in total. The molecule has 17 heavy (non-hydrogen) atoms. The zero-order valence-corrected chi connectivity index (χ0v) is 10.7. The van der Waals surface area contributed by atoms with E-state index in [1.165, 1.54) is 25.7 Å². The number of rotatable bonds is 3. The molecule has 0 radical (unpaired) electrons. The summed E-state index contributed by atoms with van der Waals surface area (Å²) in [5.74, 6) is 0.634. The molecule has 0 aromatic carbocycles. The molecule has 1 saturated carbocycles. The van der Waals surface area contributed by atoms with Crippen LogP contribution in [0, 0.1) is 11.3 Å². The molecule has 0 amide bonds. The summed E-state index contributed by atoms with van der Waals surface area (Å²) in [5.41, 5.74) is 0. The summed E-state index contributed by atoms with van der Waals surface area (Å²) in [5, 5.41) is 6.95. The van der Waals surface area contributed by atoms with Crippen LogP contribution < -0.4 is 0 Å². The summed E-state index contributed by atoms with van der Waals surface area (Å²) < 4.78 is 5.41. The lowest BCUT2D eigenvalue weighted by Gasteiger charge is -2.40. The standard InChI is InChI=1S/C13H23N3O/c1-11(15-10-14)12-3-2-4-13(9-12)16-5-7-17-8-6-16/h11-14H,2-9H2,1H3. The Bertz CT molecular complexity index is 282. The smallest absolute Gasteiger partial charge is 0.0864 e. The highest BCUT2D eigenvalue weighted by molar-refractivity contribution is 5.36. The number of nitrogens with one attached hydrogen (secondary N) is 1. The predicted octanol–water partition coefficient (Wildman–Crippen LogP) is 2.02. The minimum Gasteiger partial charge on any atom is -0.379 e. The van der Waals surface area contributed by atoms with Crippen molar-refractivity contribution in [3.63, 3.8) is 0 Å². The van der Waals surface area contributed by atoms with Gasteiger partial charge < -0.3 is 4.74 Å². The molecule has 0 bridgehead atoms. The third-order valence-electron chi connectivity index (χ3n) is 4.20. The van der Waals surface area contributed by atoms with Crippen molar-refractivity contribution in [2.75, 3.05) is 26.3 Å². The van der Waals surface area contributed by atoms with Crippen LogP contribution in [0.2, 0.25) is 0 Å². The Balaban J connectivity index is 1.89. The largest absolute Gasteiger partial charge is 0.379 e. The molecule has 2 fully saturated rings. The quantitative estimate of drug-likeness (QED) is 0.763. The molecule has 96 valence electrons. The fraction of sp³-hybridized carbons (Fsp3) is 0.923. The van der Waals surface area contributed by atoms with Crippen LogP contribution in [0.3, 0.4) is 0 Å². The average Bonchev–Trinajstić information content (AvgIpc) is 2.40. The van der Waals surface area contributed by atoms with Crippen LogP contribution in [0.1, 0.15) is 32.6 Å². The molecule has 1 N–H and O–H groups in total. The third-order valence-corrected chi connectivity index (χ3v) is 4.20. The molecule has 0 aromatic rings. The molecule has 0 spiro atoms. The van der Waals surface area contributed by atoms with Crippen LogP contribution in [0.5, 0.6) is 0 Å². The minimum atomic E-state index is 0.261. The second-order valence-electron chi connectivity index (χ2n) is 5.21. The first-order valence-electron chi connectivity index (χ1n) is 6.74. The first kappa shape index (κ1) is 12.7. The van der Waals surface area contributed by atoms with Crippen molar-refractivity contribution in [2.45, 2.75) is 44.7 Å². The van der Waals surface area contributed by atoms with E-state index in [0.29, 0.717) is 12.0 Å². The predicted molar refractivity (Wildman–Crippen MR) is 67.8 cm³/mol. The van der Waals surface area contributed by atoms with E-state index in [4.69, 9.17) is 10.1 Å². The van der Waals surface area contributed by atoms with E-state index >= 15 is 0 Å². The Hall–Kier alpha value is -0.700. The van der Waals surface area contributed by atoms with Gasteiger partial charge in [-0.05, 0) is 32.1 Å². The number of morpholine rings is 1. The van der Waals surface area contributed by atoms with Crippen molar-refractivity contribution in [1.29, 1.82) is 5.41 Å². The molecule has 4 heteroatoms. The van der Waals surface area contributed by atoms with Gasteiger partial charge in [-0.25, -0.2) is 10.4 Å². The Morgan fingerprint density at radius 3 is 2.82 bits per heavy atom. The molecule has 2 rings (SSSR count). The van der Waals surface area contributed by atoms with Gasteiger partial charge in [-0.3, -0.25) is 4.90 Å². The van der Waals surface area contributed by atoms with Gasteiger partial charge in [0.15, 0.2) is 0 Å². The highest BCUT2D eigenvalue weighted by Gasteiger charge is 2.30. The number of hydrogen-bond donors (Lipinski definition) is 1. The lowest BCUT2D eigenvalue weighted by Crippen LogP contribution is -2.46. The topological polar surface area (TPSA) is 48.7 Å². The van der Waals surface area contributed by atoms with Crippen LogP contribution in [0.15, 0.2) is 4.99 Å². The summed E-state index contributed by atoms with van der Waals surface area (Å²) >= 11 is 0. The lowest BCUT2D eigenvalue weighted by atomic mass is 9.81. The summed E-state index contributed by atoms with van der Waals surface area (Å²) in [4.78, 5) is 6.68. The van der Waals surface area contributed by atoms with Crippen LogP contribution in [-0.4, -0.2) is 49.3 Å². The maximum absolute atomic E-state index is 6.95. The van der Waals surface area contributed by atoms with Gasteiger partial charge in [0.05, 0.1) is 25.3 Å². The second-order valence-corrected chi connectivity index (χ2v) is 5.21. The van der Waals surface area contributed by atoms with Gasteiger partial charge in [0.25, 0.3) is 0 Å². The van der Waals surface area contributed by atoms with E-state index in [-0.39, 0.29) is 6.04 Å². The normalized spacial score (nSPS) is 32.8. The van der Waals surface area contributed by atoms with Gasteiger partial charge in [-0.1, -0.05) is 6.42 Å². The Labute approximate surface area is 104 Å².